The summed E-state index contributed by atoms with van der Waals surface area (Å²) in [5.74, 6) is -0.357. The fourth-order valence-electron chi connectivity index (χ4n) is 2.05. The first-order valence-corrected chi connectivity index (χ1v) is 7.51. The predicted octanol–water partition coefficient (Wildman–Crippen LogP) is 2.20. The molecule has 0 spiro atoms. The molecule has 0 aliphatic rings. The number of likely N-dealkylation sites (N-methyl/N-ethyl adjacent to an activating group) is 1. The molecule has 120 valence electrons. The Bertz CT molecular complexity index is 681. The summed E-state index contributed by atoms with van der Waals surface area (Å²) >= 11 is 0. The maximum atomic E-state index is 12.2. The standard InChI is InChI=1S/C18H21N3O2/c1-13-6-8-14(9-7-13)18(23)21-16-5-3-4-15(12-16)17(22)20-11-10-19-2/h3-9,12,19H,10-11H2,1-2H3,(H,20,22)(H,21,23). The van der Waals surface area contributed by atoms with Crippen LogP contribution in [0.2, 0.25) is 0 Å². The van der Waals surface area contributed by atoms with Crippen LogP contribution in [-0.4, -0.2) is 32.0 Å². The zero-order valence-electron chi connectivity index (χ0n) is 13.3. The highest BCUT2D eigenvalue weighted by Crippen LogP contribution is 2.13. The van der Waals surface area contributed by atoms with Gasteiger partial charge >= 0.3 is 0 Å². The van der Waals surface area contributed by atoms with Crippen LogP contribution < -0.4 is 16.0 Å². The maximum Gasteiger partial charge on any atom is 0.255 e. The Morgan fingerprint density at radius 3 is 2.35 bits per heavy atom. The second kappa shape index (κ2) is 8.10. The van der Waals surface area contributed by atoms with Crippen molar-refractivity contribution in [3.63, 3.8) is 0 Å². The summed E-state index contributed by atoms with van der Waals surface area (Å²) in [6.07, 6.45) is 0. The van der Waals surface area contributed by atoms with Crippen LogP contribution in [0, 0.1) is 6.92 Å². The second-order valence-electron chi connectivity index (χ2n) is 5.26. The highest BCUT2D eigenvalue weighted by Gasteiger charge is 2.09. The molecule has 0 aliphatic heterocycles. The van der Waals surface area contributed by atoms with Crippen molar-refractivity contribution in [2.75, 3.05) is 25.5 Å². The summed E-state index contributed by atoms with van der Waals surface area (Å²) in [5, 5.41) is 8.58. The molecule has 2 rings (SSSR count). The molecule has 2 aromatic rings. The van der Waals surface area contributed by atoms with Gasteiger partial charge in [0.15, 0.2) is 0 Å². The molecule has 0 atom stereocenters. The van der Waals surface area contributed by atoms with Gasteiger partial charge in [0.25, 0.3) is 11.8 Å². The van der Waals surface area contributed by atoms with Crippen molar-refractivity contribution in [2.45, 2.75) is 6.92 Å². The number of carbonyl (C=O) groups is 2. The summed E-state index contributed by atoms with van der Waals surface area (Å²) in [7, 11) is 1.83. The SMILES string of the molecule is CNCCNC(=O)c1cccc(NC(=O)c2ccc(C)cc2)c1. The van der Waals surface area contributed by atoms with E-state index in [0.29, 0.717) is 29.9 Å². The lowest BCUT2D eigenvalue weighted by molar-refractivity contribution is 0.0952. The molecule has 5 heteroatoms. The van der Waals surface area contributed by atoms with E-state index in [2.05, 4.69) is 16.0 Å². The van der Waals surface area contributed by atoms with Crippen molar-refractivity contribution in [2.24, 2.45) is 0 Å². The molecular formula is C18H21N3O2. The highest BCUT2D eigenvalue weighted by atomic mass is 16.2. The van der Waals surface area contributed by atoms with Crippen LogP contribution >= 0.6 is 0 Å². The van der Waals surface area contributed by atoms with Crippen LogP contribution in [-0.2, 0) is 0 Å². The van der Waals surface area contributed by atoms with E-state index >= 15 is 0 Å². The molecule has 0 radical (unpaired) electrons. The molecule has 3 N–H and O–H groups in total. The summed E-state index contributed by atoms with van der Waals surface area (Å²) in [6, 6.07) is 14.2. The molecule has 5 nitrogen and oxygen atoms in total. The molecule has 0 saturated heterocycles. The Hall–Kier alpha value is -2.66. The van der Waals surface area contributed by atoms with Crippen molar-refractivity contribution in [1.82, 2.24) is 10.6 Å². The number of anilines is 1. The molecule has 0 aliphatic carbocycles. The van der Waals surface area contributed by atoms with Gasteiger partial charge in [0.2, 0.25) is 0 Å². The lowest BCUT2D eigenvalue weighted by atomic mass is 10.1. The quantitative estimate of drug-likeness (QED) is 0.716. The van der Waals surface area contributed by atoms with Gasteiger partial charge in [-0.2, -0.15) is 0 Å². The molecule has 0 aromatic heterocycles. The Labute approximate surface area is 136 Å². The van der Waals surface area contributed by atoms with Gasteiger partial charge in [0.1, 0.15) is 0 Å². The van der Waals surface area contributed by atoms with Crippen molar-refractivity contribution < 1.29 is 9.59 Å². The first-order valence-electron chi connectivity index (χ1n) is 7.51. The van der Waals surface area contributed by atoms with Crippen molar-refractivity contribution in [1.29, 1.82) is 0 Å². The van der Waals surface area contributed by atoms with Gasteiger partial charge in [-0.05, 0) is 44.3 Å². The van der Waals surface area contributed by atoms with E-state index in [1.54, 1.807) is 36.4 Å². The number of carbonyl (C=O) groups excluding carboxylic acids is 2. The lowest BCUT2D eigenvalue weighted by Gasteiger charge is -2.08. The Morgan fingerprint density at radius 2 is 1.65 bits per heavy atom. The monoisotopic (exact) mass is 311 g/mol. The van der Waals surface area contributed by atoms with E-state index in [4.69, 9.17) is 0 Å². The smallest absolute Gasteiger partial charge is 0.255 e. The van der Waals surface area contributed by atoms with Gasteiger partial charge in [0, 0.05) is 29.9 Å². The molecule has 0 bridgehead atoms. The minimum Gasteiger partial charge on any atom is -0.351 e. The van der Waals surface area contributed by atoms with Crippen LogP contribution in [0.25, 0.3) is 0 Å². The van der Waals surface area contributed by atoms with Crippen LogP contribution in [0.15, 0.2) is 48.5 Å². The van der Waals surface area contributed by atoms with Crippen LogP contribution in [0.1, 0.15) is 26.3 Å². The average Bonchev–Trinajstić information content (AvgIpc) is 2.56. The molecule has 0 fully saturated rings. The van der Waals surface area contributed by atoms with Gasteiger partial charge in [-0.3, -0.25) is 9.59 Å². The number of hydrogen-bond donors (Lipinski definition) is 3. The number of amides is 2. The third-order valence-corrected chi connectivity index (χ3v) is 3.36. The van der Waals surface area contributed by atoms with E-state index in [1.807, 2.05) is 26.1 Å². The third kappa shape index (κ3) is 4.93. The molecule has 0 saturated carbocycles. The average molecular weight is 311 g/mol. The maximum absolute atomic E-state index is 12.2. The Balaban J connectivity index is 2.03. The zero-order valence-corrected chi connectivity index (χ0v) is 13.3. The number of rotatable bonds is 6. The van der Waals surface area contributed by atoms with Crippen LogP contribution in [0.3, 0.4) is 0 Å². The second-order valence-corrected chi connectivity index (χ2v) is 5.26. The summed E-state index contributed by atoms with van der Waals surface area (Å²) < 4.78 is 0. The largest absolute Gasteiger partial charge is 0.351 e. The van der Waals surface area contributed by atoms with E-state index in [1.165, 1.54) is 0 Å². The summed E-state index contributed by atoms with van der Waals surface area (Å²) in [4.78, 5) is 24.2. The first-order chi connectivity index (χ1) is 11.1. The molecule has 0 heterocycles. The van der Waals surface area contributed by atoms with Gasteiger partial charge in [0.05, 0.1) is 0 Å². The molecule has 2 amide bonds. The Kier molecular flexibility index (Phi) is 5.88. The van der Waals surface area contributed by atoms with Gasteiger partial charge in [-0.25, -0.2) is 0 Å². The van der Waals surface area contributed by atoms with E-state index in [0.717, 1.165) is 5.56 Å². The van der Waals surface area contributed by atoms with Crippen molar-refractivity contribution >= 4 is 17.5 Å². The van der Waals surface area contributed by atoms with Gasteiger partial charge in [-0.1, -0.05) is 23.8 Å². The van der Waals surface area contributed by atoms with E-state index in [-0.39, 0.29) is 11.8 Å². The molecule has 2 aromatic carbocycles. The van der Waals surface area contributed by atoms with Crippen LogP contribution in [0.5, 0.6) is 0 Å². The molecular weight excluding hydrogens is 290 g/mol. The number of nitrogens with one attached hydrogen (secondary N) is 3. The van der Waals surface area contributed by atoms with Crippen molar-refractivity contribution in [3.8, 4) is 0 Å². The molecule has 23 heavy (non-hydrogen) atoms. The minimum atomic E-state index is -0.197. The van der Waals surface area contributed by atoms with Crippen molar-refractivity contribution in [3.05, 3.63) is 65.2 Å². The Morgan fingerprint density at radius 1 is 0.913 bits per heavy atom. The fourth-order valence-corrected chi connectivity index (χ4v) is 2.05. The lowest BCUT2D eigenvalue weighted by Crippen LogP contribution is -2.30. The van der Waals surface area contributed by atoms with Crippen LogP contribution in [0.4, 0.5) is 5.69 Å². The number of hydrogen-bond acceptors (Lipinski definition) is 3. The minimum absolute atomic E-state index is 0.160. The third-order valence-electron chi connectivity index (χ3n) is 3.36. The molecule has 0 unspecified atom stereocenters. The first kappa shape index (κ1) is 16.7. The summed E-state index contributed by atoms with van der Waals surface area (Å²) in [5.41, 5.74) is 2.79. The van der Waals surface area contributed by atoms with E-state index < -0.39 is 0 Å². The van der Waals surface area contributed by atoms with E-state index in [9.17, 15) is 9.59 Å². The van der Waals surface area contributed by atoms with Gasteiger partial charge in [-0.15, -0.1) is 0 Å². The topological polar surface area (TPSA) is 70.2 Å². The highest BCUT2D eigenvalue weighted by molar-refractivity contribution is 6.05. The predicted molar refractivity (Wildman–Crippen MR) is 91.8 cm³/mol. The number of benzene rings is 2. The normalized spacial score (nSPS) is 10.2. The summed E-state index contributed by atoms with van der Waals surface area (Å²) in [6.45, 7) is 3.22. The number of aryl methyl sites for hydroxylation is 1. The zero-order chi connectivity index (χ0) is 16.7. The van der Waals surface area contributed by atoms with Gasteiger partial charge < -0.3 is 16.0 Å². The fraction of sp³-hybridized carbons (Fsp3) is 0.222.